The summed E-state index contributed by atoms with van der Waals surface area (Å²) in [5, 5.41) is 11.1. The Hall–Kier alpha value is -0.0800. The molecular weight excluding hydrogens is 212 g/mol. The minimum atomic E-state index is -0.558. The van der Waals surface area contributed by atoms with Gasteiger partial charge in [0.1, 0.15) is 6.10 Å². The van der Waals surface area contributed by atoms with Crippen LogP contribution in [0.5, 0.6) is 0 Å². The molecule has 6 atom stereocenters. The Balaban J connectivity index is 1.84. The van der Waals surface area contributed by atoms with Gasteiger partial charge in [0.25, 0.3) is 0 Å². The number of ether oxygens (including phenoxy) is 1. The summed E-state index contributed by atoms with van der Waals surface area (Å²) in [7, 11) is 0. The number of hydrogen-bond donors (Lipinski definition) is 1. The zero-order valence-corrected chi connectivity index (χ0v) is 11.6. The molecule has 0 aromatic heterocycles. The SMILES string of the molecule is CC1CCCC2C1CC(O)(C1OC1(C)C)C2C. The lowest BCUT2D eigenvalue weighted by Crippen LogP contribution is -2.41. The Labute approximate surface area is 105 Å². The highest BCUT2D eigenvalue weighted by Crippen LogP contribution is 2.59. The van der Waals surface area contributed by atoms with Crippen LogP contribution < -0.4 is 0 Å². The summed E-state index contributed by atoms with van der Waals surface area (Å²) in [5.41, 5.74) is -0.656. The lowest BCUT2D eigenvalue weighted by molar-refractivity contribution is -0.0258. The van der Waals surface area contributed by atoms with Crippen LogP contribution in [0.25, 0.3) is 0 Å². The van der Waals surface area contributed by atoms with Gasteiger partial charge in [-0.2, -0.15) is 0 Å². The van der Waals surface area contributed by atoms with E-state index in [4.69, 9.17) is 4.74 Å². The molecular formula is C15H26O2. The molecule has 3 fully saturated rings. The van der Waals surface area contributed by atoms with Crippen LogP contribution >= 0.6 is 0 Å². The summed E-state index contributed by atoms with van der Waals surface area (Å²) >= 11 is 0. The predicted octanol–water partition coefficient (Wildman–Crippen LogP) is 2.99. The summed E-state index contributed by atoms with van der Waals surface area (Å²) in [6.45, 7) is 8.83. The van der Waals surface area contributed by atoms with Crippen molar-refractivity contribution in [3.63, 3.8) is 0 Å². The van der Waals surface area contributed by atoms with Gasteiger partial charge >= 0.3 is 0 Å². The number of fused-ring (bicyclic) bond motifs is 1. The highest BCUT2D eigenvalue weighted by molar-refractivity contribution is 5.15. The van der Waals surface area contributed by atoms with Crippen molar-refractivity contribution in [1.29, 1.82) is 0 Å². The second kappa shape index (κ2) is 3.48. The summed E-state index contributed by atoms with van der Waals surface area (Å²) in [6, 6.07) is 0. The quantitative estimate of drug-likeness (QED) is 0.712. The van der Waals surface area contributed by atoms with E-state index in [1.54, 1.807) is 0 Å². The molecule has 1 heterocycles. The molecule has 1 saturated heterocycles. The predicted molar refractivity (Wildman–Crippen MR) is 67.7 cm³/mol. The van der Waals surface area contributed by atoms with Gasteiger partial charge in [-0.25, -0.2) is 0 Å². The largest absolute Gasteiger partial charge is 0.387 e. The standard InChI is InChI=1S/C15H26O2/c1-9-6-5-7-11-10(2)15(16,8-12(9)11)13-14(3,4)17-13/h9-13,16H,5-8H2,1-4H3. The first-order chi connectivity index (χ1) is 7.86. The van der Waals surface area contributed by atoms with Crippen LogP contribution in [0, 0.1) is 23.7 Å². The number of hydrogen-bond acceptors (Lipinski definition) is 2. The number of epoxide rings is 1. The van der Waals surface area contributed by atoms with E-state index in [2.05, 4.69) is 27.7 Å². The van der Waals surface area contributed by atoms with E-state index in [1.165, 1.54) is 19.3 Å². The van der Waals surface area contributed by atoms with Crippen molar-refractivity contribution in [2.45, 2.75) is 70.7 Å². The molecule has 98 valence electrons. The lowest BCUT2D eigenvalue weighted by atomic mass is 9.72. The molecule has 2 nitrogen and oxygen atoms in total. The fraction of sp³-hybridized carbons (Fsp3) is 1.00. The third-order valence-electron chi connectivity index (χ3n) is 5.92. The van der Waals surface area contributed by atoms with Crippen molar-refractivity contribution in [3.8, 4) is 0 Å². The fourth-order valence-corrected chi connectivity index (χ4v) is 4.75. The van der Waals surface area contributed by atoms with Crippen molar-refractivity contribution in [3.05, 3.63) is 0 Å². The molecule has 0 amide bonds. The molecule has 1 N–H and O–H groups in total. The molecule has 0 radical (unpaired) electrons. The van der Waals surface area contributed by atoms with E-state index in [-0.39, 0.29) is 11.7 Å². The first kappa shape index (κ1) is 12.0. The molecule has 3 rings (SSSR count). The van der Waals surface area contributed by atoms with Crippen LogP contribution in [-0.4, -0.2) is 22.4 Å². The van der Waals surface area contributed by atoms with Gasteiger partial charge in [-0.3, -0.25) is 0 Å². The van der Waals surface area contributed by atoms with E-state index in [0.29, 0.717) is 5.92 Å². The van der Waals surface area contributed by atoms with Crippen molar-refractivity contribution in [2.24, 2.45) is 23.7 Å². The van der Waals surface area contributed by atoms with E-state index in [9.17, 15) is 5.11 Å². The van der Waals surface area contributed by atoms with Crippen molar-refractivity contribution in [2.75, 3.05) is 0 Å². The van der Waals surface area contributed by atoms with Gasteiger partial charge in [-0.15, -0.1) is 0 Å². The smallest absolute Gasteiger partial charge is 0.116 e. The Morgan fingerprint density at radius 2 is 1.76 bits per heavy atom. The highest BCUT2D eigenvalue weighted by atomic mass is 16.6. The Bertz CT molecular complexity index is 325. The first-order valence-corrected chi connectivity index (χ1v) is 7.26. The third kappa shape index (κ3) is 1.60. The molecule has 0 bridgehead atoms. The summed E-state index contributed by atoms with van der Waals surface area (Å²) in [4.78, 5) is 0. The van der Waals surface area contributed by atoms with E-state index >= 15 is 0 Å². The van der Waals surface area contributed by atoms with Crippen LogP contribution in [0.15, 0.2) is 0 Å². The van der Waals surface area contributed by atoms with Gasteiger partial charge in [0.15, 0.2) is 0 Å². The zero-order chi connectivity index (χ0) is 12.4. The van der Waals surface area contributed by atoms with Crippen molar-refractivity contribution >= 4 is 0 Å². The maximum Gasteiger partial charge on any atom is 0.116 e. The fourth-order valence-electron chi connectivity index (χ4n) is 4.75. The van der Waals surface area contributed by atoms with Crippen LogP contribution in [0.1, 0.15) is 53.4 Å². The molecule has 2 aliphatic carbocycles. The molecule has 2 saturated carbocycles. The minimum absolute atomic E-state index is 0.0720. The molecule has 2 heteroatoms. The molecule has 0 aromatic rings. The van der Waals surface area contributed by atoms with Crippen molar-refractivity contribution < 1.29 is 9.84 Å². The molecule has 6 unspecified atom stereocenters. The third-order valence-corrected chi connectivity index (χ3v) is 5.92. The van der Waals surface area contributed by atoms with Gasteiger partial charge in [-0.1, -0.05) is 26.7 Å². The summed E-state index contributed by atoms with van der Waals surface area (Å²) < 4.78 is 5.75. The van der Waals surface area contributed by atoms with Gasteiger partial charge in [0.05, 0.1) is 11.2 Å². The average Bonchev–Trinajstić information content (AvgIpc) is 2.81. The molecule has 17 heavy (non-hydrogen) atoms. The average molecular weight is 238 g/mol. The molecule has 0 aromatic carbocycles. The van der Waals surface area contributed by atoms with Crippen LogP contribution in [0.3, 0.4) is 0 Å². The Morgan fingerprint density at radius 3 is 2.29 bits per heavy atom. The number of aliphatic hydroxyl groups is 1. The van der Waals surface area contributed by atoms with E-state index < -0.39 is 5.60 Å². The normalized spacial score (nSPS) is 56.6. The topological polar surface area (TPSA) is 32.8 Å². The second-order valence-electron chi connectivity index (χ2n) is 7.32. The first-order valence-electron chi connectivity index (χ1n) is 7.26. The van der Waals surface area contributed by atoms with Crippen LogP contribution in [0.4, 0.5) is 0 Å². The zero-order valence-electron chi connectivity index (χ0n) is 11.6. The van der Waals surface area contributed by atoms with Gasteiger partial charge in [0, 0.05) is 0 Å². The highest BCUT2D eigenvalue weighted by Gasteiger charge is 2.66. The molecule has 0 spiro atoms. The van der Waals surface area contributed by atoms with Gasteiger partial charge in [-0.05, 0) is 50.4 Å². The Morgan fingerprint density at radius 1 is 1.12 bits per heavy atom. The van der Waals surface area contributed by atoms with Crippen molar-refractivity contribution in [1.82, 2.24) is 0 Å². The maximum atomic E-state index is 11.1. The summed E-state index contributed by atoms with van der Waals surface area (Å²) in [6.07, 6.45) is 5.04. The monoisotopic (exact) mass is 238 g/mol. The maximum absolute atomic E-state index is 11.1. The second-order valence-corrected chi connectivity index (χ2v) is 7.32. The van der Waals surface area contributed by atoms with Crippen LogP contribution in [0.2, 0.25) is 0 Å². The summed E-state index contributed by atoms with van der Waals surface area (Å²) in [5.74, 6) is 2.64. The van der Waals surface area contributed by atoms with Gasteiger partial charge in [0.2, 0.25) is 0 Å². The lowest BCUT2D eigenvalue weighted by Gasteiger charge is -2.33. The molecule has 3 aliphatic rings. The van der Waals surface area contributed by atoms with Gasteiger partial charge < -0.3 is 9.84 Å². The Kier molecular flexibility index (Phi) is 2.45. The molecule has 1 aliphatic heterocycles. The van der Waals surface area contributed by atoms with Crippen LogP contribution in [-0.2, 0) is 4.74 Å². The minimum Gasteiger partial charge on any atom is -0.387 e. The number of rotatable bonds is 1. The van der Waals surface area contributed by atoms with E-state index in [0.717, 1.165) is 24.2 Å². The van der Waals surface area contributed by atoms with E-state index in [1.807, 2.05) is 0 Å².